The molecule has 0 fully saturated rings. The van der Waals surface area contributed by atoms with Gasteiger partial charge in [0.15, 0.2) is 11.5 Å². The molecule has 37 heavy (non-hydrogen) atoms. The zero-order valence-electron chi connectivity index (χ0n) is 20.8. The number of benzene rings is 1. The highest BCUT2D eigenvalue weighted by atomic mass is 19.4. The minimum atomic E-state index is -4.97. The van der Waals surface area contributed by atoms with Crippen molar-refractivity contribution >= 4 is 23.3 Å². The average molecular weight is 515 g/mol. The van der Waals surface area contributed by atoms with E-state index in [1.807, 2.05) is 0 Å². The number of para-hydroxylation sites is 1. The molecule has 0 aliphatic carbocycles. The first kappa shape index (κ1) is 24.0. The van der Waals surface area contributed by atoms with Crippen LogP contribution in [0.25, 0.3) is 16.9 Å². The van der Waals surface area contributed by atoms with Gasteiger partial charge in [-0.3, -0.25) is 9.59 Å². The lowest BCUT2D eigenvalue weighted by atomic mass is 10.1. The van der Waals surface area contributed by atoms with Crippen LogP contribution in [0.1, 0.15) is 29.9 Å². The maximum atomic E-state index is 13.1. The monoisotopic (exact) mass is 515 g/mol. The number of fused-ring (bicyclic) bond motifs is 1. The number of anilines is 1. The van der Waals surface area contributed by atoms with Crippen molar-refractivity contribution in [3.8, 4) is 22.9 Å². The lowest BCUT2D eigenvalue weighted by Gasteiger charge is -2.15. The Morgan fingerprint density at radius 2 is 1.92 bits per heavy atom. The van der Waals surface area contributed by atoms with E-state index in [0.29, 0.717) is 28.4 Å². The number of ether oxygens (including phenoxy) is 2. The van der Waals surface area contributed by atoms with Crippen molar-refractivity contribution in [3.63, 3.8) is 0 Å². The molecule has 2 amide bonds. The number of nitrogens with one attached hydrogen (secondary N) is 2. The van der Waals surface area contributed by atoms with E-state index in [4.69, 9.17) is 6.11 Å². The Balaban J connectivity index is 1.66. The Morgan fingerprint density at radius 3 is 2.62 bits per heavy atom. The first-order valence-corrected chi connectivity index (χ1v) is 10.7. The van der Waals surface area contributed by atoms with Gasteiger partial charge in [-0.15, -0.1) is 13.2 Å². The van der Waals surface area contributed by atoms with Crippen LogP contribution in [0, 0.1) is 6.92 Å². The molecule has 0 aliphatic heterocycles. The predicted octanol–water partition coefficient (Wildman–Crippen LogP) is 3.90. The molecule has 1 atom stereocenters. The van der Waals surface area contributed by atoms with Gasteiger partial charge in [0, 0.05) is 24.6 Å². The van der Waals surface area contributed by atoms with E-state index < -0.39 is 24.5 Å². The number of carbonyl (C=O) groups is 2. The van der Waals surface area contributed by atoms with Gasteiger partial charge in [-0.25, -0.2) is 14.5 Å². The molecule has 0 bridgehead atoms. The molecule has 10 nitrogen and oxygen atoms in total. The van der Waals surface area contributed by atoms with E-state index >= 15 is 0 Å². The average Bonchev–Trinajstić information content (AvgIpc) is 3.23. The van der Waals surface area contributed by atoms with Crippen molar-refractivity contribution in [1.29, 1.82) is 0 Å². The van der Waals surface area contributed by atoms with Crippen molar-refractivity contribution in [2.24, 2.45) is 0 Å². The normalized spacial score (nSPS) is 12.5. The fourth-order valence-corrected chi connectivity index (χ4v) is 3.47. The molecule has 0 saturated carbocycles. The van der Waals surface area contributed by atoms with Crippen LogP contribution in [0.15, 0.2) is 48.7 Å². The number of aryl methyl sites for hydroxylation is 1. The number of carbonyl (C=O) groups excluding carboxylic acids is 2. The largest absolute Gasteiger partial charge is 0.573 e. The minimum Gasteiger partial charge on any atom is -0.480 e. The Hall–Kier alpha value is -4.68. The summed E-state index contributed by atoms with van der Waals surface area (Å²) >= 11 is 0. The second-order valence-corrected chi connectivity index (χ2v) is 7.71. The van der Waals surface area contributed by atoms with E-state index in [2.05, 4.69) is 30.4 Å². The van der Waals surface area contributed by atoms with Gasteiger partial charge in [0.25, 0.3) is 5.91 Å². The number of aromatic nitrogens is 4. The minimum absolute atomic E-state index is 0.0487. The number of pyridine rings is 1. The first-order chi connectivity index (χ1) is 17.9. The molecule has 1 unspecified atom stereocenters. The SMILES string of the molecule is [2H]C(NC(=O)c1cc(-c2ccc3nc(NC(C)=O)cn3n2)c(C)nc1OC)c1ccccc1OC(F)(F)F. The third-order valence-corrected chi connectivity index (χ3v) is 5.02. The van der Waals surface area contributed by atoms with Crippen LogP contribution in [0.5, 0.6) is 11.6 Å². The standard InChI is InChI=1S/C24H21F3N6O4/c1-13-16(18-8-9-21-31-20(30-14(2)34)12-33(21)32-18)10-17(23(29-13)36-3)22(35)28-11-15-6-4-5-7-19(15)37-24(25,26)27/h4-10,12H,11H2,1-3H3,(H,28,35)(H,30,34)/i11D. The van der Waals surface area contributed by atoms with Crippen LogP contribution in [0.2, 0.25) is 0 Å². The summed E-state index contributed by atoms with van der Waals surface area (Å²) in [5, 5.41) is 9.39. The zero-order chi connectivity index (χ0) is 27.6. The molecule has 192 valence electrons. The summed E-state index contributed by atoms with van der Waals surface area (Å²) in [5.74, 6) is -1.45. The third kappa shape index (κ3) is 5.94. The summed E-state index contributed by atoms with van der Waals surface area (Å²) in [6, 6.07) is 9.81. The Bertz CT molecular complexity index is 1530. The molecular formula is C24H21F3N6O4. The number of alkyl halides is 3. The Morgan fingerprint density at radius 1 is 1.16 bits per heavy atom. The molecule has 3 heterocycles. The van der Waals surface area contributed by atoms with Crippen LogP contribution in [-0.4, -0.2) is 44.9 Å². The highest BCUT2D eigenvalue weighted by Crippen LogP contribution is 2.29. The highest BCUT2D eigenvalue weighted by molar-refractivity contribution is 5.97. The number of halogens is 3. The summed E-state index contributed by atoms with van der Waals surface area (Å²) < 4.78 is 57.3. The van der Waals surface area contributed by atoms with Gasteiger partial charge < -0.3 is 20.1 Å². The summed E-state index contributed by atoms with van der Waals surface area (Å²) in [6.45, 7) is 1.44. The van der Waals surface area contributed by atoms with E-state index in [-0.39, 0.29) is 22.9 Å². The van der Waals surface area contributed by atoms with Gasteiger partial charge in [0.05, 0.1) is 26.1 Å². The lowest BCUT2D eigenvalue weighted by Crippen LogP contribution is -2.25. The van der Waals surface area contributed by atoms with E-state index in [0.717, 1.165) is 6.07 Å². The molecule has 0 spiro atoms. The maximum Gasteiger partial charge on any atom is 0.573 e. The fraction of sp³-hybridized carbons (Fsp3) is 0.208. The molecule has 0 saturated heterocycles. The topological polar surface area (TPSA) is 120 Å². The smallest absolute Gasteiger partial charge is 0.480 e. The zero-order valence-corrected chi connectivity index (χ0v) is 19.8. The maximum absolute atomic E-state index is 13.1. The summed E-state index contributed by atoms with van der Waals surface area (Å²) in [5.41, 5.74) is 1.54. The fourth-order valence-electron chi connectivity index (χ4n) is 3.47. The molecule has 4 rings (SSSR count). The van der Waals surface area contributed by atoms with Crippen molar-refractivity contribution in [1.82, 2.24) is 24.9 Å². The number of imidazole rings is 1. The predicted molar refractivity (Wildman–Crippen MR) is 126 cm³/mol. The number of rotatable bonds is 7. The van der Waals surface area contributed by atoms with Crippen LogP contribution in [-0.2, 0) is 11.3 Å². The van der Waals surface area contributed by atoms with Crippen molar-refractivity contribution in [2.75, 3.05) is 12.4 Å². The Labute approximate surface area is 209 Å². The van der Waals surface area contributed by atoms with E-state index in [1.54, 1.807) is 19.1 Å². The number of methoxy groups -OCH3 is 1. The quantitative estimate of drug-likeness (QED) is 0.383. The van der Waals surface area contributed by atoms with Crippen molar-refractivity contribution < 1.29 is 33.6 Å². The van der Waals surface area contributed by atoms with Gasteiger partial charge >= 0.3 is 6.36 Å². The number of nitrogens with zero attached hydrogens (tertiary/aromatic N) is 4. The number of hydrogen-bond acceptors (Lipinski definition) is 7. The van der Waals surface area contributed by atoms with Gasteiger partial charge in [0.2, 0.25) is 11.8 Å². The van der Waals surface area contributed by atoms with Crippen LogP contribution in [0.3, 0.4) is 0 Å². The third-order valence-electron chi connectivity index (χ3n) is 5.02. The molecular weight excluding hydrogens is 493 g/mol. The van der Waals surface area contributed by atoms with Crippen LogP contribution >= 0.6 is 0 Å². The van der Waals surface area contributed by atoms with Gasteiger partial charge in [-0.2, -0.15) is 5.10 Å². The lowest BCUT2D eigenvalue weighted by molar-refractivity contribution is -0.274. The van der Waals surface area contributed by atoms with Gasteiger partial charge in [0.1, 0.15) is 11.3 Å². The molecule has 1 aromatic carbocycles. The van der Waals surface area contributed by atoms with E-state index in [9.17, 15) is 22.8 Å². The summed E-state index contributed by atoms with van der Waals surface area (Å²) in [6.07, 6.45) is -3.45. The summed E-state index contributed by atoms with van der Waals surface area (Å²) in [4.78, 5) is 33.0. The highest BCUT2D eigenvalue weighted by Gasteiger charge is 2.32. The molecule has 3 aromatic heterocycles. The van der Waals surface area contributed by atoms with E-state index in [1.165, 1.54) is 49.0 Å². The first-order valence-electron chi connectivity index (χ1n) is 11.3. The van der Waals surface area contributed by atoms with Gasteiger partial charge in [-0.1, -0.05) is 18.2 Å². The van der Waals surface area contributed by atoms with Crippen LogP contribution < -0.4 is 20.1 Å². The van der Waals surface area contributed by atoms with Gasteiger partial charge in [-0.05, 0) is 31.2 Å². The molecule has 13 heteroatoms. The summed E-state index contributed by atoms with van der Waals surface area (Å²) in [7, 11) is 1.31. The van der Waals surface area contributed by atoms with Crippen molar-refractivity contribution in [3.05, 3.63) is 65.5 Å². The molecule has 0 aliphatic rings. The second kappa shape index (κ2) is 10.1. The number of amides is 2. The molecule has 0 radical (unpaired) electrons. The molecule has 4 aromatic rings. The Kier molecular flexibility index (Phi) is 6.58. The second-order valence-electron chi connectivity index (χ2n) is 7.71. The van der Waals surface area contributed by atoms with Crippen LogP contribution in [0.4, 0.5) is 19.0 Å². The number of hydrogen-bond donors (Lipinski definition) is 2. The molecule has 2 N–H and O–H groups in total. The van der Waals surface area contributed by atoms with Crippen molar-refractivity contribution in [2.45, 2.75) is 26.7 Å².